The zero-order valence-electron chi connectivity index (χ0n) is 9.79. The Hall–Kier alpha value is -0.690. The van der Waals surface area contributed by atoms with Gasteiger partial charge in [0.15, 0.2) is 0 Å². The maximum atomic E-state index is 6.01. The van der Waals surface area contributed by atoms with Gasteiger partial charge in [-0.15, -0.1) is 11.6 Å². The van der Waals surface area contributed by atoms with Crippen molar-refractivity contribution in [2.45, 2.75) is 32.1 Å². The molecule has 2 unspecified atom stereocenters. The molecule has 1 heterocycles. The molecule has 88 valence electrons. The van der Waals surface area contributed by atoms with Crippen molar-refractivity contribution in [1.29, 1.82) is 0 Å². The third kappa shape index (κ3) is 2.52. The lowest BCUT2D eigenvalue weighted by Crippen LogP contribution is -2.10. The van der Waals surface area contributed by atoms with E-state index in [0.717, 1.165) is 24.7 Å². The number of ether oxygens (including phenoxy) is 1. The highest BCUT2D eigenvalue weighted by Gasteiger charge is 2.25. The molecule has 0 saturated heterocycles. The third-order valence-electron chi connectivity index (χ3n) is 3.33. The van der Waals surface area contributed by atoms with E-state index in [1.54, 1.807) is 0 Å². The van der Waals surface area contributed by atoms with Gasteiger partial charge in [-0.25, -0.2) is 0 Å². The van der Waals surface area contributed by atoms with Crippen LogP contribution in [0.5, 0.6) is 5.75 Å². The third-order valence-corrected chi connectivity index (χ3v) is 3.77. The number of hydrogen-bond acceptors (Lipinski definition) is 1. The Kier molecular flexibility index (Phi) is 4.11. The monoisotopic (exact) mass is 238 g/mol. The molecule has 0 N–H and O–H groups in total. The first kappa shape index (κ1) is 11.8. The number of rotatable bonds is 5. The molecule has 1 aromatic rings. The highest BCUT2D eigenvalue weighted by molar-refractivity contribution is 6.18. The second-order valence-electron chi connectivity index (χ2n) is 4.59. The average molecular weight is 239 g/mol. The maximum absolute atomic E-state index is 6.01. The van der Waals surface area contributed by atoms with Gasteiger partial charge in [0.2, 0.25) is 0 Å². The Balaban J connectivity index is 2.02. The maximum Gasteiger partial charge on any atom is 0.122 e. The van der Waals surface area contributed by atoms with Crippen LogP contribution in [0.25, 0.3) is 0 Å². The van der Waals surface area contributed by atoms with Crippen molar-refractivity contribution in [3.05, 3.63) is 29.8 Å². The van der Waals surface area contributed by atoms with Crippen molar-refractivity contribution in [2.75, 3.05) is 12.5 Å². The van der Waals surface area contributed by atoms with E-state index in [1.165, 1.54) is 18.4 Å². The Morgan fingerprint density at radius 3 is 3.00 bits per heavy atom. The van der Waals surface area contributed by atoms with Crippen molar-refractivity contribution in [3.63, 3.8) is 0 Å². The van der Waals surface area contributed by atoms with Crippen LogP contribution >= 0.6 is 11.6 Å². The molecule has 2 rings (SSSR count). The first-order chi connectivity index (χ1) is 7.85. The first-order valence-electron chi connectivity index (χ1n) is 6.12. The number of fused-ring (bicyclic) bond motifs is 1. The molecule has 1 aliphatic rings. The predicted octanol–water partition coefficient (Wildman–Crippen LogP) is 4.21. The normalized spacial score (nSPS) is 20.2. The lowest BCUT2D eigenvalue weighted by atomic mass is 9.89. The van der Waals surface area contributed by atoms with Crippen molar-refractivity contribution >= 4 is 11.6 Å². The van der Waals surface area contributed by atoms with Gasteiger partial charge in [0.1, 0.15) is 5.75 Å². The summed E-state index contributed by atoms with van der Waals surface area (Å²) in [5, 5.41) is 0. The lowest BCUT2D eigenvalue weighted by Gasteiger charge is -2.16. The number of halogens is 1. The van der Waals surface area contributed by atoms with Crippen LogP contribution < -0.4 is 4.74 Å². The SMILES string of the molecule is CCCC(CCl)CC1COc2ccccc21. The number of benzene rings is 1. The first-order valence-corrected chi connectivity index (χ1v) is 6.66. The van der Waals surface area contributed by atoms with Crippen LogP contribution in [0.4, 0.5) is 0 Å². The van der Waals surface area contributed by atoms with Gasteiger partial charge in [0.25, 0.3) is 0 Å². The molecule has 0 aromatic heterocycles. The van der Waals surface area contributed by atoms with Gasteiger partial charge >= 0.3 is 0 Å². The second-order valence-corrected chi connectivity index (χ2v) is 4.90. The fraction of sp³-hybridized carbons (Fsp3) is 0.571. The fourth-order valence-corrected chi connectivity index (χ4v) is 2.77. The van der Waals surface area contributed by atoms with E-state index in [-0.39, 0.29) is 0 Å². The van der Waals surface area contributed by atoms with Gasteiger partial charge in [0, 0.05) is 17.4 Å². The van der Waals surface area contributed by atoms with Gasteiger partial charge in [-0.3, -0.25) is 0 Å². The van der Waals surface area contributed by atoms with Gasteiger partial charge in [-0.2, -0.15) is 0 Å². The van der Waals surface area contributed by atoms with Gasteiger partial charge in [-0.05, 0) is 24.8 Å². The van der Waals surface area contributed by atoms with Crippen molar-refractivity contribution in [2.24, 2.45) is 5.92 Å². The summed E-state index contributed by atoms with van der Waals surface area (Å²) in [5.74, 6) is 3.02. The Labute approximate surface area is 103 Å². The standard InChI is InChI=1S/C14H19ClO/c1-2-5-11(9-15)8-12-10-16-14-7-4-3-6-13(12)14/h3-4,6-7,11-12H,2,5,8-10H2,1H3. The van der Waals surface area contributed by atoms with Crippen LogP contribution in [0.3, 0.4) is 0 Å². The van der Waals surface area contributed by atoms with Crippen molar-refractivity contribution < 1.29 is 4.74 Å². The Bertz CT molecular complexity index is 337. The average Bonchev–Trinajstić information content (AvgIpc) is 2.72. The highest BCUT2D eigenvalue weighted by atomic mass is 35.5. The summed E-state index contributed by atoms with van der Waals surface area (Å²) in [6.45, 7) is 3.05. The summed E-state index contributed by atoms with van der Waals surface area (Å²) in [6, 6.07) is 8.37. The summed E-state index contributed by atoms with van der Waals surface area (Å²) >= 11 is 6.01. The predicted molar refractivity (Wildman–Crippen MR) is 68.4 cm³/mol. The molecule has 0 fully saturated rings. The van der Waals surface area contributed by atoms with Crippen LogP contribution in [-0.4, -0.2) is 12.5 Å². The summed E-state index contributed by atoms with van der Waals surface area (Å²) in [7, 11) is 0. The molecule has 2 atom stereocenters. The van der Waals surface area contributed by atoms with E-state index < -0.39 is 0 Å². The van der Waals surface area contributed by atoms with E-state index in [1.807, 2.05) is 6.07 Å². The lowest BCUT2D eigenvalue weighted by molar-refractivity contribution is 0.307. The molecule has 1 aromatic carbocycles. The summed E-state index contributed by atoms with van der Waals surface area (Å²) in [6.07, 6.45) is 3.60. The molecule has 0 spiro atoms. The minimum absolute atomic E-state index is 0.548. The van der Waals surface area contributed by atoms with Crippen LogP contribution in [0, 0.1) is 5.92 Å². The van der Waals surface area contributed by atoms with Crippen LogP contribution in [-0.2, 0) is 0 Å². The molecule has 0 amide bonds. The number of alkyl halides is 1. The zero-order valence-corrected chi connectivity index (χ0v) is 10.5. The van der Waals surface area contributed by atoms with E-state index in [9.17, 15) is 0 Å². The van der Waals surface area contributed by atoms with Gasteiger partial charge in [-0.1, -0.05) is 31.5 Å². The van der Waals surface area contributed by atoms with E-state index in [4.69, 9.17) is 16.3 Å². The number of hydrogen-bond donors (Lipinski definition) is 0. The summed E-state index contributed by atoms with van der Waals surface area (Å²) in [4.78, 5) is 0. The van der Waals surface area contributed by atoms with E-state index >= 15 is 0 Å². The van der Waals surface area contributed by atoms with Crippen LogP contribution in [0.2, 0.25) is 0 Å². The molecule has 0 radical (unpaired) electrons. The van der Waals surface area contributed by atoms with Gasteiger partial charge in [0.05, 0.1) is 6.61 Å². The van der Waals surface area contributed by atoms with Crippen LogP contribution in [0.1, 0.15) is 37.7 Å². The summed E-state index contributed by atoms with van der Waals surface area (Å²) in [5.41, 5.74) is 1.37. The Morgan fingerprint density at radius 1 is 1.44 bits per heavy atom. The minimum atomic E-state index is 0.548. The molecular weight excluding hydrogens is 220 g/mol. The van der Waals surface area contributed by atoms with Crippen molar-refractivity contribution in [3.8, 4) is 5.75 Å². The molecule has 2 heteroatoms. The molecule has 1 nitrogen and oxygen atoms in total. The second kappa shape index (κ2) is 5.58. The highest BCUT2D eigenvalue weighted by Crippen LogP contribution is 2.38. The fourth-order valence-electron chi connectivity index (χ4n) is 2.49. The molecule has 16 heavy (non-hydrogen) atoms. The molecular formula is C14H19ClO. The smallest absolute Gasteiger partial charge is 0.122 e. The summed E-state index contributed by atoms with van der Waals surface area (Å²) < 4.78 is 5.69. The quantitative estimate of drug-likeness (QED) is 0.699. The minimum Gasteiger partial charge on any atom is -0.493 e. The largest absolute Gasteiger partial charge is 0.493 e. The molecule has 0 aliphatic carbocycles. The van der Waals surface area contributed by atoms with Crippen molar-refractivity contribution in [1.82, 2.24) is 0 Å². The van der Waals surface area contributed by atoms with Crippen LogP contribution in [0.15, 0.2) is 24.3 Å². The zero-order chi connectivity index (χ0) is 11.4. The van der Waals surface area contributed by atoms with E-state index in [0.29, 0.717) is 11.8 Å². The topological polar surface area (TPSA) is 9.23 Å². The van der Waals surface area contributed by atoms with E-state index in [2.05, 4.69) is 25.1 Å². The molecule has 0 bridgehead atoms. The Morgan fingerprint density at radius 2 is 2.25 bits per heavy atom. The van der Waals surface area contributed by atoms with Gasteiger partial charge < -0.3 is 4.74 Å². The molecule has 0 saturated carbocycles. The molecule has 1 aliphatic heterocycles. The number of para-hydroxylation sites is 1.